The summed E-state index contributed by atoms with van der Waals surface area (Å²) in [5, 5.41) is 7.25. The van der Waals surface area contributed by atoms with Gasteiger partial charge in [-0.2, -0.15) is 5.10 Å². The zero-order valence-electron chi connectivity index (χ0n) is 9.21. The van der Waals surface area contributed by atoms with Crippen molar-refractivity contribution in [1.82, 2.24) is 19.7 Å². The minimum atomic E-state index is 0.545. The molecule has 2 rings (SSSR count). The second kappa shape index (κ2) is 4.61. The normalized spacial score (nSPS) is 10.1. The van der Waals surface area contributed by atoms with Crippen LogP contribution in [0.4, 0.5) is 5.82 Å². The Balaban J connectivity index is 1.99. The first-order chi connectivity index (χ1) is 7.78. The maximum absolute atomic E-state index is 5.00. The maximum atomic E-state index is 5.00. The van der Waals surface area contributed by atoms with Crippen molar-refractivity contribution in [3.8, 4) is 5.88 Å². The number of rotatable bonds is 4. The third kappa shape index (κ3) is 2.47. The Labute approximate surface area is 93.3 Å². The van der Waals surface area contributed by atoms with E-state index in [0.717, 1.165) is 11.4 Å². The van der Waals surface area contributed by atoms with Gasteiger partial charge < -0.3 is 10.1 Å². The van der Waals surface area contributed by atoms with Crippen LogP contribution in [-0.4, -0.2) is 26.9 Å². The largest absolute Gasteiger partial charge is 0.481 e. The van der Waals surface area contributed by atoms with E-state index in [1.165, 1.54) is 6.33 Å². The molecule has 2 aromatic heterocycles. The quantitative estimate of drug-likeness (QED) is 0.825. The molecule has 0 aromatic carbocycles. The van der Waals surface area contributed by atoms with Gasteiger partial charge in [-0.25, -0.2) is 9.97 Å². The van der Waals surface area contributed by atoms with Crippen molar-refractivity contribution < 1.29 is 4.74 Å². The van der Waals surface area contributed by atoms with E-state index in [0.29, 0.717) is 12.4 Å². The highest BCUT2D eigenvalue weighted by molar-refractivity contribution is 5.37. The van der Waals surface area contributed by atoms with E-state index in [4.69, 9.17) is 4.74 Å². The molecule has 16 heavy (non-hydrogen) atoms. The minimum absolute atomic E-state index is 0.545. The molecule has 0 atom stereocenters. The Morgan fingerprint density at radius 1 is 1.44 bits per heavy atom. The summed E-state index contributed by atoms with van der Waals surface area (Å²) in [6, 6.07) is 1.75. The smallest absolute Gasteiger partial charge is 0.218 e. The SMILES string of the molecule is COc1cc(NCc2cnn(C)c2)ncn1. The highest BCUT2D eigenvalue weighted by atomic mass is 16.5. The van der Waals surface area contributed by atoms with Crippen LogP contribution in [-0.2, 0) is 13.6 Å². The molecule has 0 bridgehead atoms. The van der Waals surface area contributed by atoms with E-state index in [1.807, 2.05) is 19.4 Å². The molecular formula is C10H13N5O. The Hall–Kier alpha value is -2.11. The molecule has 0 aliphatic carbocycles. The predicted octanol–water partition coefficient (Wildman–Crippen LogP) is 0.831. The molecule has 0 spiro atoms. The highest BCUT2D eigenvalue weighted by Gasteiger charge is 1.99. The monoisotopic (exact) mass is 219 g/mol. The molecule has 0 fully saturated rings. The lowest BCUT2D eigenvalue weighted by molar-refractivity contribution is 0.397. The summed E-state index contributed by atoms with van der Waals surface area (Å²) in [7, 11) is 3.46. The summed E-state index contributed by atoms with van der Waals surface area (Å²) in [6.45, 7) is 0.675. The summed E-state index contributed by atoms with van der Waals surface area (Å²) in [5.41, 5.74) is 1.10. The molecule has 0 saturated heterocycles. The minimum Gasteiger partial charge on any atom is -0.481 e. The number of nitrogens with zero attached hydrogens (tertiary/aromatic N) is 4. The van der Waals surface area contributed by atoms with Crippen LogP contribution in [0, 0.1) is 0 Å². The average molecular weight is 219 g/mol. The maximum Gasteiger partial charge on any atom is 0.218 e. The van der Waals surface area contributed by atoms with Crippen LogP contribution in [0.5, 0.6) is 5.88 Å². The molecule has 2 aromatic rings. The van der Waals surface area contributed by atoms with Gasteiger partial charge in [0.25, 0.3) is 0 Å². The molecular weight excluding hydrogens is 206 g/mol. The summed E-state index contributed by atoms with van der Waals surface area (Å²) in [6.07, 6.45) is 5.22. The number of hydrogen-bond acceptors (Lipinski definition) is 5. The fourth-order valence-electron chi connectivity index (χ4n) is 1.30. The van der Waals surface area contributed by atoms with Gasteiger partial charge in [0, 0.05) is 31.4 Å². The lowest BCUT2D eigenvalue weighted by atomic mass is 10.3. The van der Waals surface area contributed by atoms with Gasteiger partial charge in [0.05, 0.1) is 13.3 Å². The molecule has 0 aliphatic rings. The first-order valence-electron chi connectivity index (χ1n) is 4.85. The van der Waals surface area contributed by atoms with Gasteiger partial charge in [-0.3, -0.25) is 4.68 Å². The van der Waals surface area contributed by atoms with Crippen molar-refractivity contribution in [3.63, 3.8) is 0 Å². The van der Waals surface area contributed by atoms with E-state index in [2.05, 4.69) is 20.4 Å². The van der Waals surface area contributed by atoms with Crippen LogP contribution in [0.3, 0.4) is 0 Å². The first kappa shape index (κ1) is 10.4. The van der Waals surface area contributed by atoms with Crippen LogP contribution in [0.2, 0.25) is 0 Å². The van der Waals surface area contributed by atoms with E-state index < -0.39 is 0 Å². The second-order valence-corrected chi connectivity index (χ2v) is 3.32. The molecule has 2 heterocycles. The number of aryl methyl sites for hydroxylation is 1. The average Bonchev–Trinajstić information content (AvgIpc) is 2.73. The zero-order valence-corrected chi connectivity index (χ0v) is 9.21. The standard InChI is InChI=1S/C10H13N5O/c1-15-6-8(5-14-15)4-11-9-3-10(16-2)13-7-12-9/h3,5-7H,4H2,1-2H3,(H,11,12,13). The second-order valence-electron chi connectivity index (χ2n) is 3.32. The number of anilines is 1. The summed E-state index contributed by atoms with van der Waals surface area (Å²) >= 11 is 0. The lowest BCUT2D eigenvalue weighted by Gasteiger charge is -2.04. The Morgan fingerprint density at radius 3 is 3.00 bits per heavy atom. The first-order valence-corrected chi connectivity index (χ1v) is 4.85. The van der Waals surface area contributed by atoms with Crippen LogP contribution in [0.25, 0.3) is 0 Å². The van der Waals surface area contributed by atoms with Crippen LogP contribution in [0.1, 0.15) is 5.56 Å². The zero-order chi connectivity index (χ0) is 11.4. The van der Waals surface area contributed by atoms with Crippen LogP contribution >= 0.6 is 0 Å². The van der Waals surface area contributed by atoms with Crippen molar-refractivity contribution in [2.24, 2.45) is 7.05 Å². The van der Waals surface area contributed by atoms with Crippen molar-refractivity contribution in [3.05, 3.63) is 30.4 Å². The summed E-state index contributed by atoms with van der Waals surface area (Å²) in [4.78, 5) is 8.01. The van der Waals surface area contributed by atoms with Gasteiger partial charge in [-0.05, 0) is 0 Å². The molecule has 0 amide bonds. The molecule has 0 radical (unpaired) electrons. The Bertz CT molecular complexity index is 468. The number of methoxy groups -OCH3 is 1. The highest BCUT2D eigenvalue weighted by Crippen LogP contribution is 2.11. The molecule has 1 N–H and O–H groups in total. The van der Waals surface area contributed by atoms with E-state index in [-0.39, 0.29) is 0 Å². The Morgan fingerprint density at radius 2 is 2.31 bits per heavy atom. The summed E-state index contributed by atoms with van der Waals surface area (Å²) < 4.78 is 6.76. The molecule has 0 saturated carbocycles. The van der Waals surface area contributed by atoms with Gasteiger partial charge in [-0.15, -0.1) is 0 Å². The van der Waals surface area contributed by atoms with Gasteiger partial charge in [0.15, 0.2) is 0 Å². The van der Waals surface area contributed by atoms with Crippen molar-refractivity contribution >= 4 is 5.82 Å². The van der Waals surface area contributed by atoms with E-state index in [9.17, 15) is 0 Å². The van der Waals surface area contributed by atoms with Gasteiger partial charge in [0.2, 0.25) is 5.88 Å². The van der Waals surface area contributed by atoms with Crippen molar-refractivity contribution in [1.29, 1.82) is 0 Å². The van der Waals surface area contributed by atoms with Crippen LogP contribution in [0.15, 0.2) is 24.8 Å². The topological polar surface area (TPSA) is 64.9 Å². The van der Waals surface area contributed by atoms with Gasteiger partial charge in [0.1, 0.15) is 12.1 Å². The molecule has 0 aliphatic heterocycles. The Kier molecular flexibility index (Phi) is 3.00. The number of aromatic nitrogens is 4. The third-order valence-corrected chi connectivity index (χ3v) is 2.08. The van der Waals surface area contributed by atoms with Crippen LogP contribution < -0.4 is 10.1 Å². The van der Waals surface area contributed by atoms with E-state index >= 15 is 0 Å². The fourth-order valence-corrected chi connectivity index (χ4v) is 1.30. The number of hydrogen-bond donors (Lipinski definition) is 1. The fraction of sp³-hybridized carbons (Fsp3) is 0.300. The third-order valence-electron chi connectivity index (χ3n) is 2.08. The van der Waals surface area contributed by atoms with Gasteiger partial charge in [-0.1, -0.05) is 0 Å². The van der Waals surface area contributed by atoms with Gasteiger partial charge >= 0.3 is 0 Å². The lowest BCUT2D eigenvalue weighted by Crippen LogP contribution is -2.01. The van der Waals surface area contributed by atoms with Crippen molar-refractivity contribution in [2.75, 3.05) is 12.4 Å². The molecule has 0 unspecified atom stereocenters. The number of ether oxygens (including phenoxy) is 1. The molecule has 6 heteroatoms. The molecule has 84 valence electrons. The molecule has 6 nitrogen and oxygen atoms in total. The van der Waals surface area contributed by atoms with E-state index in [1.54, 1.807) is 17.9 Å². The summed E-state index contributed by atoms with van der Waals surface area (Å²) in [5.74, 6) is 1.28. The predicted molar refractivity (Wildman–Crippen MR) is 59.1 cm³/mol. The van der Waals surface area contributed by atoms with Crippen molar-refractivity contribution in [2.45, 2.75) is 6.54 Å². The number of nitrogens with one attached hydrogen (secondary N) is 1.